The molecule has 0 aliphatic carbocycles. The molecule has 1 aromatic carbocycles. The molecule has 8 heteroatoms. The molecule has 2 heterocycles. The van der Waals surface area contributed by atoms with Crippen molar-refractivity contribution in [1.82, 2.24) is 10.1 Å². The number of amides is 1. The van der Waals surface area contributed by atoms with Gasteiger partial charge in [0.25, 0.3) is 10.0 Å². The van der Waals surface area contributed by atoms with Gasteiger partial charge in [-0.2, -0.15) is 0 Å². The Morgan fingerprint density at radius 2 is 1.85 bits per heavy atom. The molecular weight excluding hydrogens is 354 g/mol. The van der Waals surface area contributed by atoms with Crippen molar-refractivity contribution in [2.24, 2.45) is 0 Å². The van der Waals surface area contributed by atoms with Crippen LogP contribution in [0.2, 0.25) is 0 Å². The van der Waals surface area contributed by atoms with Gasteiger partial charge in [-0.3, -0.25) is 9.52 Å². The molecule has 0 spiro atoms. The summed E-state index contributed by atoms with van der Waals surface area (Å²) >= 11 is 0. The maximum atomic E-state index is 12.5. The first-order chi connectivity index (χ1) is 12.4. The number of hydrogen-bond acceptors (Lipinski definition) is 5. The zero-order valence-corrected chi connectivity index (χ0v) is 15.8. The van der Waals surface area contributed by atoms with E-state index in [1.807, 2.05) is 17.0 Å². The summed E-state index contributed by atoms with van der Waals surface area (Å²) in [5.41, 5.74) is 1.78. The number of nitrogens with zero attached hydrogens (tertiary/aromatic N) is 2. The van der Waals surface area contributed by atoms with Crippen molar-refractivity contribution in [2.75, 3.05) is 17.8 Å². The highest BCUT2D eigenvalue weighted by atomic mass is 32.2. The normalized spacial score (nSPS) is 14.6. The average Bonchev–Trinajstić information content (AvgIpc) is 3.24. The van der Waals surface area contributed by atoms with Gasteiger partial charge in [0.1, 0.15) is 5.69 Å². The van der Waals surface area contributed by atoms with E-state index in [9.17, 15) is 13.2 Å². The highest BCUT2D eigenvalue weighted by Gasteiger charge is 2.24. The summed E-state index contributed by atoms with van der Waals surface area (Å²) in [6.45, 7) is 4.88. The van der Waals surface area contributed by atoms with E-state index in [4.69, 9.17) is 4.52 Å². The summed E-state index contributed by atoms with van der Waals surface area (Å²) in [5, 5.41) is 3.68. The molecule has 0 radical (unpaired) electrons. The molecule has 1 aliphatic heterocycles. The zero-order chi connectivity index (χ0) is 18.7. The average molecular weight is 377 g/mol. The lowest BCUT2D eigenvalue weighted by Gasteiger charge is -2.15. The number of anilines is 1. The summed E-state index contributed by atoms with van der Waals surface area (Å²) in [6, 6.07) is 7.07. The van der Waals surface area contributed by atoms with E-state index >= 15 is 0 Å². The molecule has 0 unspecified atom stereocenters. The molecule has 2 aromatic rings. The van der Waals surface area contributed by atoms with Crippen LogP contribution < -0.4 is 4.72 Å². The largest absolute Gasteiger partial charge is 0.360 e. The Labute approximate surface area is 153 Å². The van der Waals surface area contributed by atoms with Crippen molar-refractivity contribution < 1.29 is 17.7 Å². The van der Waals surface area contributed by atoms with Crippen LogP contribution in [0.1, 0.15) is 36.3 Å². The first kappa shape index (κ1) is 18.4. The van der Waals surface area contributed by atoms with Crippen LogP contribution in [0, 0.1) is 13.8 Å². The van der Waals surface area contributed by atoms with Crippen molar-refractivity contribution in [3.05, 3.63) is 41.3 Å². The quantitative estimate of drug-likeness (QED) is 0.835. The highest BCUT2D eigenvalue weighted by molar-refractivity contribution is 7.92. The predicted octanol–water partition coefficient (Wildman–Crippen LogP) is 2.65. The van der Waals surface area contributed by atoms with Crippen LogP contribution in [0.15, 0.2) is 33.7 Å². The van der Waals surface area contributed by atoms with Gasteiger partial charge in [0, 0.05) is 25.2 Å². The lowest BCUT2D eigenvalue weighted by Crippen LogP contribution is -2.27. The standard InChI is InChI=1S/C18H23N3O4S/c1-13-18(14(2)25-19-13)26(23,24)20-16-8-5-15(6-9-16)7-10-17(22)21-11-3-4-12-21/h5-6,8-9,20H,3-4,7,10-12H2,1-2H3. The molecule has 140 valence electrons. The van der Waals surface area contributed by atoms with E-state index in [-0.39, 0.29) is 16.6 Å². The molecule has 7 nitrogen and oxygen atoms in total. The van der Waals surface area contributed by atoms with Gasteiger partial charge in [-0.05, 0) is 50.8 Å². The van der Waals surface area contributed by atoms with Crippen LogP contribution >= 0.6 is 0 Å². The Kier molecular flexibility index (Phi) is 5.31. The minimum absolute atomic E-state index is 0.0674. The maximum Gasteiger partial charge on any atom is 0.267 e. The van der Waals surface area contributed by atoms with E-state index in [1.165, 1.54) is 0 Å². The van der Waals surface area contributed by atoms with Gasteiger partial charge in [-0.15, -0.1) is 0 Å². The lowest BCUT2D eigenvalue weighted by molar-refractivity contribution is -0.130. The number of carbonyl (C=O) groups excluding carboxylic acids is 1. The third kappa shape index (κ3) is 4.07. The number of likely N-dealkylation sites (tertiary alicyclic amines) is 1. The fraction of sp³-hybridized carbons (Fsp3) is 0.444. The SMILES string of the molecule is Cc1noc(C)c1S(=O)(=O)Nc1ccc(CCC(=O)N2CCCC2)cc1. The van der Waals surface area contributed by atoms with E-state index in [2.05, 4.69) is 9.88 Å². The topological polar surface area (TPSA) is 92.5 Å². The van der Waals surface area contributed by atoms with Gasteiger partial charge in [0.05, 0.1) is 0 Å². The van der Waals surface area contributed by atoms with Crippen LogP contribution in [0.4, 0.5) is 5.69 Å². The van der Waals surface area contributed by atoms with Crippen molar-refractivity contribution in [2.45, 2.75) is 44.4 Å². The number of hydrogen-bond donors (Lipinski definition) is 1. The zero-order valence-electron chi connectivity index (χ0n) is 15.0. The number of rotatable bonds is 6. The molecule has 1 N–H and O–H groups in total. The Bertz CT molecular complexity index is 862. The molecule has 0 saturated carbocycles. The van der Waals surface area contributed by atoms with Crippen molar-refractivity contribution in [3.8, 4) is 0 Å². The van der Waals surface area contributed by atoms with E-state index < -0.39 is 10.0 Å². The van der Waals surface area contributed by atoms with Gasteiger partial charge >= 0.3 is 0 Å². The molecular formula is C18H23N3O4S. The smallest absolute Gasteiger partial charge is 0.267 e. The predicted molar refractivity (Wildman–Crippen MR) is 97.4 cm³/mol. The molecule has 1 saturated heterocycles. The van der Waals surface area contributed by atoms with E-state index in [0.29, 0.717) is 24.2 Å². The number of nitrogens with one attached hydrogen (secondary N) is 1. The molecule has 1 aliphatic rings. The molecule has 1 aromatic heterocycles. The second-order valence-corrected chi connectivity index (χ2v) is 8.16. The highest BCUT2D eigenvalue weighted by Crippen LogP contribution is 2.22. The monoisotopic (exact) mass is 377 g/mol. The van der Waals surface area contributed by atoms with E-state index in [1.54, 1.807) is 26.0 Å². The second-order valence-electron chi connectivity index (χ2n) is 6.54. The summed E-state index contributed by atoms with van der Waals surface area (Å²) < 4.78 is 32.4. The van der Waals surface area contributed by atoms with Gasteiger partial charge in [-0.25, -0.2) is 8.42 Å². The van der Waals surface area contributed by atoms with Gasteiger partial charge < -0.3 is 9.42 Å². The molecule has 1 amide bonds. The Morgan fingerprint density at radius 3 is 2.42 bits per heavy atom. The molecule has 26 heavy (non-hydrogen) atoms. The Balaban J connectivity index is 1.61. The van der Waals surface area contributed by atoms with Crippen molar-refractivity contribution >= 4 is 21.6 Å². The van der Waals surface area contributed by atoms with Crippen LogP contribution in [0.25, 0.3) is 0 Å². The van der Waals surface area contributed by atoms with Crippen LogP contribution in [0.5, 0.6) is 0 Å². The molecule has 0 bridgehead atoms. The minimum Gasteiger partial charge on any atom is -0.360 e. The fourth-order valence-corrected chi connectivity index (χ4v) is 4.57. The third-order valence-corrected chi connectivity index (χ3v) is 6.15. The summed E-state index contributed by atoms with van der Waals surface area (Å²) in [6.07, 6.45) is 3.30. The third-order valence-electron chi connectivity index (χ3n) is 4.53. The van der Waals surface area contributed by atoms with Crippen LogP contribution in [-0.2, 0) is 21.2 Å². The summed E-state index contributed by atoms with van der Waals surface area (Å²) in [4.78, 5) is 14.1. The van der Waals surface area contributed by atoms with Gasteiger partial charge in [-0.1, -0.05) is 17.3 Å². The Morgan fingerprint density at radius 1 is 1.19 bits per heavy atom. The maximum absolute atomic E-state index is 12.5. The number of carbonyl (C=O) groups is 1. The minimum atomic E-state index is -3.75. The molecule has 3 rings (SSSR count). The number of benzene rings is 1. The first-order valence-electron chi connectivity index (χ1n) is 8.69. The van der Waals surface area contributed by atoms with Gasteiger partial charge in [0.15, 0.2) is 10.7 Å². The van der Waals surface area contributed by atoms with Crippen LogP contribution in [0.3, 0.4) is 0 Å². The fourth-order valence-electron chi connectivity index (χ4n) is 3.18. The molecule has 0 atom stereocenters. The summed E-state index contributed by atoms with van der Waals surface area (Å²) in [7, 11) is -3.75. The first-order valence-corrected chi connectivity index (χ1v) is 10.2. The number of sulfonamides is 1. The Hall–Kier alpha value is -2.35. The number of aryl methyl sites for hydroxylation is 3. The van der Waals surface area contributed by atoms with E-state index in [0.717, 1.165) is 31.5 Å². The van der Waals surface area contributed by atoms with Crippen molar-refractivity contribution in [1.29, 1.82) is 0 Å². The molecule has 1 fully saturated rings. The summed E-state index contributed by atoms with van der Waals surface area (Å²) in [5.74, 6) is 0.442. The van der Waals surface area contributed by atoms with Crippen LogP contribution in [-0.4, -0.2) is 37.5 Å². The van der Waals surface area contributed by atoms with Gasteiger partial charge in [0.2, 0.25) is 5.91 Å². The lowest BCUT2D eigenvalue weighted by atomic mass is 10.1. The van der Waals surface area contributed by atoms with Crippen molar-refractivity contribution in [3.63, 3.8) is 0 Å². The second kappa shape index (κ2) is 7.49. The number of aromatic nitrogens is 1.